The smallest absolute Gasteiger partial charge is 0.409 e. The van der Waals surface area contributed by atoms with Crippen LogP contribution in [0.15, 0.2) is 4.99 Å². The molecule has 0 aromatic heterocycles. The van der Waals surface area contributed by atoms with Crippen molar-refractivity contribution in [2.75, 3.05) is 52.9 Å². The van der Waals surface area contributed by atoms with Crippen molar-refractivity contribution in [2.45, 2.75) is 64.3 Å². The number of nitrogens with zero attached hydrogens (tertiary/aromatic N) is 3. The minimum atomic E-state index is -0.192. The molecule has 2 fully saturated rings. The molecule has 8 heteroatoms. The normalized spacial score (nSPS) is 19.1. The number of piperidine rings is 2. The Balaban J connectivity index is 0.00000392. The largest absolute Gasteiger partial charge is 0.450 e. The van der Waals surface area contributed by atoms with Crippen molar-refractivity contribution in [2.24, 2.45) is 4.99 Å². The fourth-order valence-electron chi connectivity index (χ4n) is 3.84. The topological polar surface area (TPSA) is 69.2 Å². The molecule has 0 aliphatic carbocycles. The summed E-state index contributed by atoms with van der Waals surface area (Å²) in [6, 6.07) is 0.362. The average Bonchev–Trinajstić information content (AvgIpc) is 2.71. The maximum atomic E-state index is 11.8. The standard InChI is InChI=1S/C20H39N5O2.HI/c1-3-27-20(26)25-16-10-18(11-17-25)23-19(21-2)22-12-6-4-7-13-24-14-8-5-9-15-24;/h18H,3-17H2,1-2H3,(H2,21,22,23);1H. The number of amides is 1. The average molecular weight is 509 g/mol. The molecule has 164 valence electrons. The van der Waals surface area contributed by atoms with Crippen LogP contribution in [0.4, 0.5) is 4.79 Å². The van der Waals surface area contributed by atoms with Gasteiger partial charge >= 0.3 is 6.09 Å². The third-order valence-corrected chi connectivity index (χ3v) is 5.48. The lowest BCUT2D eigenvalue weighted by Crippen LogP contribution is -2.50. The molecule has 2 aliphatic rings. The van der Waals surface area contributed by atoms with Gasteiger partial charge in [0.25, 0.3) is 0 Å². The predicted molar refractivity (Wildman–Crippen MR) is 126 cm³/mol. The first-order valence-corrected chi connectivity index (χ1v) is 10.8. The Morgan fingerprint density at radius 3 is 2.43 bits per heavy atom. The number of aliphatic imine (C=N–C) groups is 1. The molecule has 28 heavy (non-hydrogen) atoms. The van der Waals surface area contributed by atoms with Gasteiger partial charge in [-0.05, 0) is 65.1 Å². The Morgan fingerprint density at radius 2 is 1.79 bits per heavy atom. The zero-order valence-electron chi connectivity index (χ0n) is 17.8. The zero-order chi connectivity index (χ0) is 19.3. The van der Waals surface area contributed by atoms with Crippen LogP contribution in [0.1, 0.15) is 58.3 Å². The summed E-state index contributed by atoms with van der Waals surface area (Å²) in [6.07, 6.45) is 9.56. The summed E-state index contributed by atoms with van der Waals surface area (Å²) in [5, 5.41) is 6.92. The third-order valence-electron chi connectivity index (χ3n) is 5.48. The second-order valence-corrected chi connectivity index (χ2v) is 7.57. The molecule has 0 saturated carbocycles. The van der Waals surface area contributed by atoms with E-state index in [0.717, 1.165) is 38.4 Å². The van der Waals surface area contributed by atoms with Crippen LogP contribution in [0.5, 0.6) is 0 Å². The highest BCUT2D eigenvalue weighted by Crippen LogP contribution is 2.12. The predicted octanol–water partition coefficient (Wildman–Crippen LogP) is 3.05. The van der Waals surface area contributed by atoms with Gasteiger partial charge in [-0.2, -0.15) is 0 Å². The van der Waals surface area contributed by atoms with E-state index < -0.39 is 0 Å². The summed E-state index contributed by atoms with van der Waals surface area (Å²) < 4.78 is 5.07. The number of ether oxygens (including phenoxy) is 1. The van der Waals surface area contributed by atoms with Gasteiger partial charge in [0.1, 0.15) is 0 Å². The minimum Gasteiger partial charge on any atom is -0.450 e. The highest BCUT2D eigenvalue weighted by molar-refractivity contribution is 14.0. The maximum absolute atomic E-state index is 11.8. The third kappa shape index (κ3) is 9.62. The fourth-order valence-corrected chi connectivity index (χ4v) is 3.84. The van der Waals surface area contributed by atoms with Gasteiger partial charge in [-0.3, -0.25) is 4.99 Å². The van der Waals surface area contributed by atoms with Gasteiger partial charge in [-0.1, -0.05) is 12.8 Å². The SMILES string of the molecule is CCOC(=O)N1CCC(NC(=NC)NCCCCCN2CCCCC2)CC1.I. The van der Waals surface area contributed by atoms with E-state index in [1.54, 1.807) is 4.90 Å². The van der Waals surface area contributed by atoms with Crippen LogP contribution in [0.2, 0.25) is 0 Å². The molecule has 7 nitrogen and oxygen atoms in total. The molecule has 2 saturated heterocycles. The van der Waals surface area contributed by atoms with Crippen LogP contribution < -0.4 is 10.6 Å². The number of hydrogen-bond donors (Lipinski definition) is 2. The highest BCUT2D eigenvalue weighted by Gasteiger charge is 2.23. The van der Waals surface area contributed by atoms with Crippen molar-refractivity contribution in [3.63, 3.8) is 0 Å². The number of likely N-dealkylation sites (tertiary alicyclic amines) is 2. The van der Waals surface area contributed by atoms with E-state index in [1.807, 2.05) is 14.0 Å². The molecule has 0 radical (unpaired) electrons. The Kier molecular flexibility index (Phi) is 13.6. The molecule has 0 spiro atoms. The van der Waals surface area contributed by atoms with E-state index in [1.165, 1.54) is 58.2 Å². The Morgan fingerprint density at radius 1 is 1.07 bits per heavy atom. The van der Waals surface area contributed by atoms with Crippen molar-refractivity contribution in [1.29, 1.82) is 0 Å². The molecule has 0 bridgehead atoms. The summed E-state index contributed by atoms with van der Waals surface area (Å²) in [6.45, 7) is 8.57. The number of carbonyl (C=O) groups is 1. The number of halogens is 1. The van der Waals surface area contributed by atoms with Gasteiger partial charge in [-0.15, -0.1) is 24.0 Å². The zero-order valence-corrected chi connectivity index (χ0v) is 20.1. The van der Waals surface area contributed by atoms with Gasteiger partial charge in [0, 0.05) is 32.7 Å². The molecule has 0 aromatic rings. The summed E-state index contributed by atoms with van der Waals surface area (Å²) in [5.74, 6) is 0.876. The number of carbonyl (C=O) groups excluding carboxylic acids is 1. The fraction of sp³-hybridized carbons (Fsp3) is 0.900. The first kappa shape index (κ1) is 25.3. The molecule has 0 atom stereocenters. The lowest BCUT2D eigenvalue weighted by atomic mass is 10.1. The lowest BCUT2D eigenvalue weighted by Gasteiger charge is -2.32. The van der Waals surface area contributed by atoms with Crippen LogP contribution in [-0.4, -0.2) is 80.8 Å². The first-order chi connectivity index (χ1) is 13.2. The Bertz CT molecular complexity index is 450. The molecule has 2 aliphatic heterocycles. The van der Waals surface area contributed by atoms with Gasteiger partial charge in [0.2, 0.25) is 0 Å². The summed E-state index contributed by atoms with van der Waals surface area (Å²) in [5.41, 5.74) is 0. The Hall–Kier alpha value is -0.770. The first-order valence-electron chi connectivity index (χ1n) is 10.8. The molecular formula is C20H40IN5O2. The van der Waals surface area contributed by atoms with E-state index in [4.69, 9.17) is 4.74 Å². The van der Waals surface area contributed by atoms with E-state index in [0.29, 0.717) is 12.6 Å². The lowest BCUT2D eigenvalue weighted by molar-refractivity contribution is 0.0963. The van der Waals surface area contributed by atoms with Crippen LogP contribution >= 0.6 is 24.0 Å². The van der Waals surface area contributed by atoms with Crippen molar-refractivity contribution in [3.8, 4) is 0 Å². The second-order valence-electron chi connectivity index (χ2n) is 7.57. The minimum absolute atomic E-state index is 0. The number of nitrogens with one attached hydrogen (secondary N) is 2. The van der Waals surface area contributed by atoms with Gasteiger partial charge in [0.15, 0.2) is 5.96 Å². The molecular weight excluding hydrogens is 469 g/mol. The summed E-state index contributed by atoms with van der Waals surface area (Å²) >= 11 is 0. The van der Waals surface area contributed by atoms with Crippen LogP contribution in [0.25, 0.3) is 0 Å². The Labute approximate surface area is 188 Å². The molecule has 0 aromatic carbocycles. The van der Waals surface area contributed by atoms with Crippen LogP contribution in [-0.2, 0) is 4.74 Å². The van der Waals surface area contributed by atoms with Crippen molar-refractivity contribution < 1.29 is 9.53 Å². The van der Waals surface area contributed by atoms with E-state index in [2.05, 4.69) is 20.5 Å². The summed E-state index contributed by atoms with van der Waals surface area (Å²) in [4.78, 5) is 20.5. The van der Waals surface area contributed by atoms with Gasteiger partial charge in [0.05, 0.1) is 6.61 Å². The second kappa shape index (κ2) is 15.1. The van der Waals surface area contributed by atoms with Crippen molar-refractivity contribution in [3.05, 3.63) is 0 Å². The van der Waals surface area contributed by atoms with Gasteiger partial charge < -0.3 is 25.2 Å². The highest BCUT2D eigenvalue weighted by atomic mass is 127. The summed E-state index contributed by atoms with van der Waals surface area (Å²) in [7, 11) is 1.82. The van der Waals surface area contributed by atoms with E-state index in [-0.39, 0.29) is 30.1 Å². The number of rotatable bonds is 8. The van der Waals surface area contributed by atoms with Gasteiger partial charge in [-0.25, -0.2) is 4.79 Å². The van der Waals surface area contributed by atoms with Crippen molar-refractivity contribution >= 4 is 36.0 Å². The van der Waals surface area contributed by atoms with Crippen molar-refractivity contribution in [1.82, 2.24) is 20.4 Å². The number of guanidine groups is 1. The molecule has 2 rings (SSSR count). The quantitative estimate of drug-likeness (QED) is 0.228. The van der Waals surface area contributed by atoms with E-state index >= 15 is 0 Å². The molecule has 2 N–H and O–H groups in total. The molecule has 2 heterocycles. The number of hydrogen-bond acceptors (Lipinski definition) is 4. The van der Waals surface area contributed by atoms with E-state index in [9.17, 15) is 4.79 Å². The van der Waals surface area contributed by atoms with Crippen LogP contribution in [0.3, 0.4) is 0 Å². The molecule has 1 amide bonds. The molecule has 0 unspecified atom stereocenters. The van der Waals surface area contributed by atoms with Crippen LogP contribution in [0, 0.1) is 0 Å². The maximum Gasteiger partial charge on any atom is 0.409 e. The monoisotopic (exact) mass is 509 g/mol. The number of unbranched alkanes of at least 4 members (excludes halogenated alkanes) is 2.